The van der Waals surface area contributed by atoms with Gasteiger partial charge in [0.05, 0.1) is 5.52 Å². The number of nitrogens with two attached hydrogens (primary N) is 2. The zero-order valence-corrected chi connectivity index (χ0v) is 12.8. The van der Waals surface area contributed by atoms with Gasteiger partial charge in [-0.25, -0.2) is 4.98 Å². The maximum absolute atomic E-state index is 6.00. The average molecular weight is 376 g/mol. The molecular formula is C15H13IN4. The normalized spacial score (nSPS) is 10.8. The Hall–Kier alpha value is -1.89. The van der Waals surface area contributed by atoms with Crippen molar-refractivity contribution in [3.63, 3.8) is 0 Å². The third-order valence-electron chi connectivity index (χ3n) is 3.16. The molecule has 0 saturated heterocycles. The Balaban J connectivity index is 2.09. The minimum Gasteiger partial charge on any atom is -0.383 e. The van der Waals surface area contributed by atoms with Crippen LogP contribution in [0.4, 0.5) is 11.8 Å². The summed E-state index contributed by atoms with van der Waals surface area (Å²) < 4.78 is 1.22. The fourth-order valence-electron chi connectivity index (χ4n) is 2.27. The van der Waals surface area contributed by atoms with Crippen molar-refractivity contribution < 1.29 is 0 Å². The quantitative estimate of drug-likeness (QED) is 0.675. The number of hydrogen-bond donors (Lipinski definition) is 2. The first kappa shape index (κ1) is 13.1. The molecule has 100 valence electrons. The molecular weight excluding hydrogens is 363 g/mol. The second-order valence-corrected chi connectivity index (χ2v) is 5.83. The van der Waals surface area contributed by atoms with Crippen molar-refractivity contribution in [2.45, 2.75) is 6.42 Å². The molecule has 4 nitrogen and oxygen atoms in total. The van der Waals surface area contributed by atoms with Gasteiger partial charge in [0.1, 0.15) is 5.82 Å². The second-order valence-electron chi connectivity index (χ2n) is 4.58. The van der Waals surface area contributed by atoms with E-state index in [2.05, 4.69) is 62.9 Å². The molecule has 0 fully saturated rings. The number of halogens is 1. The smallest absolute Gasteiger partial charge is 0.222 e. The SMILES string of the molecule is Nc1nc(N)c2c(Cc3ccc(I)cc3)cccc2n1. The van der Waals surface area contributed by atoms with E-state index in [0.717, 1.165) is 22.9 Å². The summed E-state index contributed by atoms with van der Waals surface area (Å²) in [6.07, 6.45) is 0.797. The fourth-order valence-corrected chi connectivity index (χ4v) is 2.63. The highest BCUT2D eigenvalue weighted by atomic mass is 127. The van der Waals surface area contributed by atoms with Gasteiger partial charge in [0.15, 0.2) is 0 Å². The van der Waals surface area contributed by atoms with E-state index in [1.165, 1.54) is 9.13 Å². The van der Waals surface area contributed by atoms with Crippen molar-refractivity contribution in [1.82, 2.24) is 9.97 Å². The number of hydrogen-bond acceptors (Lipinski definition) is 4. The van der Waals surface area contributed by atoms with E-state index < -0.39 is 0 Å². The average Bonchev–Trinajstić information content (AvgIpc) is 2.41. The van der Waals surface area contributed by atoms with Crippen LogP contribution in [0.5, 0.6) is 0 Å². The second kappa shape index (κ2) is 5.24. The van der Waals surface area contributed by atoms with E-state index in [9.17, 15) is 0 Å². The molecule has 5 heteroatoms. The number of fused-ring (bicyclic) bond motifs is 1. The molecule has 0 aliphatic rings. The van der Waals surface area contributed by atoms with Gasteiger partial charge in [-0.15, -0.1) is 0 Å². The summed E-state index contributed by atoms with van der Waals surface area (Å²) >= 11 is 2.30. The summed E-state index contributed by atoms with van der Waals surface area (Å²) in [5.41, 5.74) is 14.8. The van der Waals surface area contributed by atoms with E-state index in [0.29, 0.717) is 5.82 Å². The first-order valence-corrected chi connectivity index (χ1v) is 7.26. The predicted octanol–water partition coefficient (Wildman–Crippen LogP) is 2.99. The molecule has 3 aromatic rings. The zero-order valence-electron chi connectivity index (χ0n) is 10.7. The summed E-state index contributed by atoms with van der Waals surface area (Å²) in [7, 11) is 0. The molecule has 0 bridgehead atoms. The standard InChI is InChI=1S/C15H13IN4/c16-11-6-4-9(5-7-11)8-10-2-1-3-12-13(10)14(17)20-15(18)19-12/h1-7H,8H2,(H4,17,18,19,20). The highest BCUT2D eigenvalue weighted by Crippen LogP contribution is 2.25. The number of rotatable bonds is 2. The number of aromatic nitrogens is 2. The molecule has 1 aromatic heterocycles. The third kappa shape index (κ3) is 2.53. The molecule has 2 aromatic carbocycles. The maximum atomic E-state index is 6.00. The van der Waals surface area contributed by atoms with Gasteiger partial charge in [-0.1, -0.05) is 24.3 Å². The molecule has 0 aliphatic carbocycles. The molecule has 0 spiro atoms. The highest BCUT2D eigenvalue weighted by molar-refractivity contribution is 14.1. The van der Waals surface area contributed by atoms with Crippen LogP contribution >= 0.6 is 22.6 Å². The Labute approximate surface area is 130 Å². The third-order valence-corrected chi connectivity index (χ3v) is 3.88. The van der Waals surface area contributed by atoms with Crippen LogP contribution in [0, 0.1) is 3.57 Å². The van der Waals surface area contributed by atoms with E-state index >= 15 is 0 Å². The molecule has 0 atom stereocenters. The molecule has 0 amide bonds. The van der Waals surface area contributed by atoms with Gasteiger partial charge in [-0.2, -0.15) is 4.98 Å². The fraction of sp³-hybridized carbons (Fsp3) is 0.0667. The predicted molar refractivity (Wildman–Crippen MR) is 90.3 cm³/mol. The van der Waals surface area contributed by atoms with Crippen molar-refractivity contribution in [2.24, 2.45) is 0 Å². The lowest BCUT2D eigenvalue weighted by atomic mass is 10.0. The molecule has 0 saturated carbocycles. The van der Waals surface area contributed by atoms with Gasteiger partial charge in [-0.05, 0) is 58.3 Å². The van der Waals surface area contributed by atoms with Gasteiger partial charge in [0.25, 0.3) is 0 Å². The highest BCUT2D eigenvalue weighted by Gasteiger charge is 2.08. The minimum atomic E-state index is 0.210. The first-order valence-electron chi connectivity index (χ1n) is 6.18. The van der Waals surface area contributed by atoms with E-state index in [4.69, 9.17) is 11.5 Å². The van der Waals surface area contributed by atoms with E-state index in [1.807, 2.05) is 12.1 Å². The molecule has 0 aliphatic heterocycles. The Morgan fingerprint density at radius 3 is 2.45 bits per heavy atom. The van der Waals surface area contributed by atoms with Crippen LogP contribution in [0.1, 0.15) is 11.1 Å². The summed E-state index contributed by atoms with van der Waals surface area (Å²) in [5.74, 6) is 0.648. The Morgan fingerprint density at radius 1 is 0.950 bits per heavy atom. The zero-order chi connectivity index (χ0) is 14.1. The van der Waals surface area contributed by atoms with Crippen LogP contribution in [0.15, 0.2) is 42.5 Å². The monoisotopic (exact) mass is 376 g/mol. The van der Waals surface area contributed by atoms with E-state index in [-0.39, 0.29) is 5.95 Å². The lowest BCUT2D eigenvalue weighted by Gasteiger charge is -2.09. The van der Waals surface area contributed by atoms with Crippen LogP contribution in [0.3, 0.4) is 0 Å². The van der Waals surface area contributed by atoms with Gasteiger partial charge in [-0.3, -0.25) is 0 Å². The van der Waals surface area contributed by atoms with Crippen LogP contribution in [-0.4, -0.2) is 9.97 Å². The molecule has 0 unspecified atom stereocenters. The van der Waals surface area contributed by atoms with Crippen molar-refractivity contribution in [2.75, 3.05) is 11.5 Å². The van der Waals surface area contributed by atoms with Crippen molar-refractivity contribution in [3.8, 4) is 0 Å². The van der Waals surface area contributed by atoms with Crippen molar-refractivity contribution in [1.29, 1.82) is 0 Å². The van der Waals surface area contributed by atoms with Gasteiger partial charge < -0.3 is 11.5 Å². The summed E-state index contributed by atoms with van der Waals surface area (Å²) in [6.45, 7) is 0. The largest absolute Gasteiger partial charge is 0.383 e. The topological polar surface area (TPSA) is 77.8 Å². The number of nitrogen functional groups attached to an aromatic ring is 2. The van der Waals surface area contributed by atoms with E-state index in [1.54, 1.807) is 0 Å². The van der Waals surface area contributed by atoms with Gasteiger partial charge in [0.2, 0.25) is 5.95 Å². The first-order chi connectivity index (χ1) is 9.63. The Kier molecular flexibility index (Phi) is 3.43. The lowest BCUT2D eigenvalue weighted by Crippen LogP contribution is -2.02. The van der Waals surface area contributed by atoms with Crippen molar-refractivity contribution >= 4 is 45.3 Å². The Morgan fingerprint density at radius 2 is 1.70 bits per heavy atom. The van der Waals surface area contributed by atoms with Gasteiger partial charge in [0, 0.05) is 8.96 Å². The molecule has 3 rings (SSSR count). The molecule has 1 heterocycles. The summed E-state index contributed by atoms with van der Waals surface area (Å²) in [5, 5.41) is 0.889. The number of anilines is 2. The van der Waals surface area contributed by atoms with Gasteiger partial charge >= 0.3 is 0 Å². The van der Waals surface area contributed by atoms with Crippen LogP contribution < -0.4 is 11.5 Å². The van der Waals surface area contributed by atoms with Crippen LogP contribution in [0.2, 0.25) is 0 Å². The van der Waals surface area contributed by atoms with Crippen molar-refractivity contribution in [3.05, 3.63) is 57.2 Å². The molecule has 4 N–H and O–H groups in total. The number of benzene rings is 2. The summed E-state index contributed by atoms with van der Waals surface area (Å²) in [6, 6.07) is 14.4. The van der Waals surface area contributed by atoms with Crippen LogP contribution in [-0.2, 0) is 6.42 Å². The van der Waals surface area contributed by atoms with Crippen LogP contribution in [0.25, 0.3) is 10.9 Å². The number of nitrogens with zero attached hydrogens (tertiary/aromatic N) is 2. The molecule has 0 radical (unpaired) electrons. The lowest BCUT2D eigenvalue weighted by molar-refractivity contribution is 1.19. The summed E-state index contributed by atoms with van der Waals surface area (Å²) in [4.78, 5) is 8.30. The minimum absolute atomic E-state index is 0.210. The molecule has 20 heavy (non-hydrogen) atoms. The maximum Gasteiger partial charge on any atom is 0.222 e. The Bertz CT molecular complexity index is 769.